The van der Waals surface area contributed by atoms with Crippen LogP contribution in [0.4, 0.5) is 5.69 Å². The van der Waals surface area contributed by atoms with Gasteiger partial charge in [-0.15, -0.1) is 0 Å². The van der Waals surface area contributed by atoms with Crippen molar-refractivity contribution in [2.45, 2.75) is 46.3 Å². The van der Waals surface area contributed by atoms with Gasteiger partial charge in [0.05, 0.1) is 19.3 Å². The maximum atomic E-state index is 11.4. The lowest BCUT2D eigenvalue weighted by Crippen LogP contribution is -2.40. The van der Waals surface area contributed by atoms with Gasteiger partial charge in [0.15, 0.2) is 5.96 Å². The Morgan fingerprint density at radius 2 is 1.88 bits per heavy atom. The van der Waals surface area contributed by atoms with E-state index in [2.05, 4.69) is 66.0 Å². The van der Waals surface area contributed by atoms with Gasteiger partial charge < -0.3 is 20.7 Å². The third kappa shape index (κ3) is 8.59. The van der Waals surface area contributed by atoms with Crippen molar-refractivity contribution in [2.24, 2.45) is 4.99 Å². The van der Waals surface area contributed by atoms with Crippen molar-refractivity contribution in [3.63, 3.8) is 0 Å². The second kappa shape index (κ2) is 13.4. The molecule has 2 aromatic carbocycles. The van der Waals surface area contributed by atoms with Gasteiger partial charge in [0, 0.05) is 32.6 Å². The summed E-state index contributed by atoms with van der Waals surface area (Å²) in [5.41, 5.74) is 2.96. The van der Waals surface area contributed by atoms with Gasteiger partial charge >= 0.3 is 0 Å². The van der Waals surface area contributed by atoms with Crippen molar-refractivity contribution in [1.82, 2.24) is 15.5 Å². The van der Waals surface area contributed by atoms with Crippen LogP contribution in [0.5, 0.6) is 5.75 Å². The van der Waals surface area contributed by atoms with Crippen LogP contribution in [0.15, 0.2) is 53.5 Å². The molecule has 0 aliphatic heterocycles. The molecule has 174 valence electrons. The van der Waals surface area contributed by atoms with E-state index in [1.807, 2.05) is 24.3 Å². The van der Waals surface area contributed by atoms with Crippen LogP contribution in [0.2, 0.25) is 0 Å². The quantitative estimate of drug-likeness (QED) is 0.368. The molecule has 0 aliphatic rings. The molecule has 0 spiro atoms. The third-order valence-corrected chi connectivity index (χ3v) is 5.22. The highest BCUT2D eigenvalue weighted by atomic mass is 16.5. The number of guanidine groups is 1. The molecule has 1 atom stereocenters. The van der Waals surface area contributed by atoms with Gasteiger partial charge in [-0.1, -0.05) is 36.4 Å². The maximum absolute atomic E-state index is 11.4. The first kappa shape index (κ1) is 25.2. The summed E-state index contributed by atoms with van der Waals surface area (Å²) in [7, 11) is 3.75. The number of methoxy groups -OCH3 is 1. The number of nitrogens with one attached hydrogen (secondary N) is 3. The first-order valence-electron chi connectivity index (χ1n) is 11.1. The van der Waals surface area contributed by atoms with Gasteiger partial charge in [0.1, 0.15) is 5.75 Å². The molecule has 0 fully saturated rings. The van der Waals surface area contributed by atoms with E-state index < -0.39 is 0 Å². The Balaban J connectivity index is 1.90. The zero-order valence-electron chi connectivity index (χ0n) is 19.9. The van der Waals surface area contributed by atoms with Gasteiger partial charge in [0.25, 0.3) is 0 Å². The van der Waals surface area contributed by atoms with Gasteiger partial charge in [-0.3, -0.25) is 9.69 Å². The molecule has 0 aromatic heterocycles. The number of carbonyl (C=O) groups excluding carboxylic acids is 1. The Kier molecular flexibility index (Phi) is 10.5. The predicted molar refractivity (Wildman–Crippen MR) is 132 cm³/mol. The molecule has 1 amide bonds. The van der Waals surface area contributed by atoms with Crippen molar-refractivity contribution in [3.05, 3.63) is 59.7 Å². The van der Waals surface area contributed by atoms with Crippen LogP contribution >= 0.6 is 0 Å². The first-order chi connectivity index (χ1) is 15.4. The van der Waals surface area contributed by atoms with E-state index >= 15 is 0 Å². The lowest BCUT2D eigenvalue weighted by Gasteiger charge is -2.25. The highest BCUT2D eigenvalue weighted by molar-refractivity contribution is 5.90. The van der Waals surface area contributed by atoms with Crippen molar-refractivity contribution in [3.8, 4) is 5.75 Å². The normalized spacial score (nSPS) is 12.4. The zero-order chi connectivity index (χ0) is 23.3. The van der Waals surface area contributed by atoms with E-state index in [9.17, 15) is 4.79 Å². The van der Waals surface area contributed by atoms with Gasteiger partial charge in [-0.2, -0.15) is 0 Å². The lowest BCUT2D eigenvalue weighted by molar-refractivity contribution is -0.114. The molecule has 2 rings (SSSR count). The van der Waals surface area contributed by atoms with E-state index in [4.69, 9.17) is 9.73 Å². The summed E-state index contributed by atoms with van der Waals surface area (Å²) in [6, 6.07) is 16.7. The van der Waals surface area contributed by atoms with Crippen LogP contribution in [0.1, 0.15) is 38.3 Å². The fourth-order valence-corrected chi connectivity index (χ4v) is 3.30. The molecule has 2 aromatic rings. The number of ether oxygens (including phenoxy) is 1. The Morgan fingerprint density at radius 1 is 1.12 bits per heavy atom. The zero-order valence-corrected chi connectivity index (χ0v) is 19.9. The Labute approximate surface area is 192 Å². The predicted octanol–water partition coefficient (Wildman–Crippen LogP) is 3.62. The average molecular weight is 440 g/mol. The highest BCUT2D eigenvalue weighted by Gasteiger charge is 2.10. The minimum Gasteiger partial charge on any atom is -0.495 e. The number of anilines is 1. The van der Waals surface area contributed by atoms with Crippen LogP contribution < -0.4 is 20.7 Å². The highest BCUT2D eigenvalue weighted by Crippen LogP contribution is 2.25. The molecule has 0 saturated heterocycles. The van der Waals surface area contributed by atoms with E-state index in [-0.39, 0.29) is 5.91 Å². The molecular weight excluding hydrogens is 402 g/mol. The van der Waals surface area contributed by atoms with Crippen molar-refractivity contribution < 1.29 is 9.53 Å². The topological polar surface area (TPSA) is 78.0 Å². The molecule has 0 aliphatic carbocycles. The third-order valence-electron chi connectivity index (χ3n) is 5.22. The molecule has 0 saturated carbocycles. The number of aliphatic imine (C=N–C) groups is 1. The first-order valence-corrected chi connectivity index (χ1v) is 11.1. The molecule has 1 unspecified atom stereocenters. The van der Waals surface area contributed by atoms with E-state index in [0.717, 1.165) is 37.6 Å². The molecule has 7 heteroatoms. The number of benzene rings is 2. The van der Waals surface area contributed by atoms with E-state index in [1.165, 1.54) is 12.5 Å². The molecule has 0 heterocycles. The number of carbonyl (C=O) groups is 1. The average Bonchev–Trinajstić information content (AvgIpc) is 2.77. The second-order valence-corrected chi connectivity index (χ2v) is 7.88. The van der Waals surface area contributed by atoms with Crippen LogP contribution in [-0.4, -0.2) is 50.1 Å². The lowest BCUT2D eigenvalue weighted by atomic mass is 10.1. The van der Waals surface area contributed by atoms with E-state index in [0.29, 0.717) is 24.0 Å². The fraction of sp³-hybridized carbons (Fsp3) is 0.440. The van der Waals surface area contributed by atoms with Gasteiger partial charge in [0.2, 0.25) is 5.91 Å². The molecule has 7 nitrogen and oxygen atoms in total. The van der Waals surface area contributed by atoms with Crippen molar-refractivity contribution in [2.75, 3.05) is 32.6 Å². The summed E-state index contributed by atoms with van der Waals surface area (Å²) in [5.74, 6) is 1.28. The van der Waals surface area contributed by atoms with Gasteiger partial charge in [-0.25, -0.2) is 4.99 Å². The Bertz CT molecular complexity index is 870. The molecule has 3 N–H and O–H groups in total. The summed E-state index contributed by atoms with van der Waals surface area (Å²) in [5, 5.41) is 9.53. The summed E-state index contributed by atoms with van der Waals surface area (Å²) in [6.07, 6.45) is 1.00. The van der Waals surface area contributed by atoms with Crippen LogP contribution in [0, 0.1) is 0 Å². The number of nitrogens with zero attached hydrogens (tertiary/aromatic N) is 2. The molecule has 0 radical (unpaired) electrons. The largest absolute Gasteiger partial charge is 0.495 e. The summed E-state index contributed by atoms with van der Waals surface area (Å²) in [4.78, 5) is 18.5. The maximum Gasteiger partial charge on any atom is 0.221 e. The number of amides is 1. The van der Waals surface area contributed by atoms with E-state index in [1.54, 1.807) is 7.11 Å². The smallest absolute Gasteiger partial charge is 0.221 e. The molecule has 0 bridgehead atoms. The molecule has 32 heavy (non-hydrogen) atoms. The van der Waals surface area contributed by atoms with Crippen LogP contribution in [0.25, 0.3) is 0 Å². The number of hydrogen-bond donors (Lipinski definition) is 3. The van der Waals surface area contributed by atoms with Crippen LogP contribution in [-0.2, 0) is 17.9 Å². The monoisotopic (exact) mass is 439 g/mol. The van der Waals surface area contributed by atoms with Crippen LogP contribution in [0.3, 0.4) is 0 Å². The SMILES string of the molecule is CCNC(=NCc1ccc(OC)c(NC(C)=O)c1)NCCC(C)N(C)Cc1ccccc1. The van der Waals surface area contributed by atoms with Crippen molar-refractivity contribution in [1.29, 1.82) is 0 Å². The second-order valence-electron chi connectivity index (χ2n) is 7.88. The number of hydrogen-bond acceptors (Lipinski definition) is 4. The molecular formula is C25H37N5O2. The minimum absolute atomic E-state index is 0.134. The Hall–Kier alpha value is -3.06. The summed E-state index contributed by atoms with van der Waals surface area (Å²) in [6.45, 7) is 8.82. The van der Waals surface area contributed by atoms with Gasteiger partial charge in [-0.05, 0) is 50.6 Å². The van der Waals surface area contributed by atoms with Crippen molar-refractivity contribution >= 4 is 17.6 Å². The standard InChI is InChI=1S/C25H37N5O2/c1-6-26-25(27-15-14-19(2)30(4)18-21-10-8-7-9-11-21)28-17-22-12-13-24(32-5)23(16-22)29-20(3)31/h7-13,16,19H,6,14-15,17-18H2,1-5H3,(H,29,31)(H2,26,27,28). The number of rotatable bonds is 11. The minimum atomic E-state index is -0.134. The summed E-state index contributed by atoms with van der Waals surface area (Å²) >= 11 is 0. The summed E-state index contributed by atoms with van der Waals surface area (Å²) < 4.78 is 5.32. The fourth-order valence-electron chi connectivity index (χ4n) is 3.30. The Morgan fingerprint density at radius 3 is 2.53 bits per heavy atom.